The van der Waals surface area contributed by atoms with Crippen LogP contribution in [0, 0.1) is 0 Å². The molecule has 1 unspecified atom stereocenters. The van der Waals surface area contributed by atoms with Gasteiger partial charge in [0.15, 0.2) is 5.78 Å². The smallest absolute Gasteiger partial charge is 0.316 e. The largest absolute Gasteiger partial charge is 0.467 e. The summed E-state index contributed by atoms with van der Waals surface area (Å²) in [5, 5.41) is 3.22. The molecule has 0 saturated carbocycles. The van der Waals surface area contributed by atoms with Crippen molar-refractivity contribution in [1.82, 2.24) is 9.97 Å². The topological polar surface area (TPSA) is 64.1 Å². The monoisotopic (exact) mass is 255 g/mol. The Morgan fingerprint density at radius 2 is 2.05 bits per heavy atom. The van der Waals surface area contributed by atoms with Crippen LogP contribution in [-0.2, 0) is 6.42 Å². The first-order valence-corrected chi connectivity index (χ1v) is 6.02. The van der Waals surface area contributed by atoms with Gasteiger partial charge < -0.3 is 10.1 Å². The SMILES string of the molecule is COc1ncc(C(=O)C2Cc3ccccc3N2)cn1. The average molecular weight is 255 g/mol. The fourth-order valence-corrected chi connectivity index (χ4v) is 2.21. The molecule has 1 aromatic carbocycles. The Bertz CT molecular complexity index is 585. The molecule has 5 heteroatoms. The molecule has 0 radical (unpaired) electrons. The van der Waals surface area contributed by atoms with Crippen LogP contribution in [0.2, 0.25) is 0 Å². The standard InChI is InChI=1S/C14H13N3O2/c1-19-14-15-7-10(8-16-14)13(18)12-6-9-4-2-3-5-11(9)17-12/h2-5,7-8,12,17H,6H2,1H3. The van der Waals surface area contributed by atoms with Crippen molar-refractivity contribution >= 4 is 11.5 Å². The minimum atomic E-state index is -0.241. The maximum atomic E-state index is 12.3. The lowest BCUT2D eigenvalue weighted by Gasteiger charge is -2.09. The summed E-state index contributed by atoms with van der Waals surface area (Å²) in [5.41, 5.74) is 2.68. The van der Waals surface area contributed by atoms with Gasteiger partial charge in [-0.1, -0.05) is 18.2 Å². The summed E-state index contributed by atoms with van der Waals surface area (Å²) in [6, 6.07) is 7.96. The lowest BCUT2D eigenvalue weighted by Crippen LogP contribution is -2.27. The van der Waals surface area contributed by atoms with Gasteiger partial charge in [-0.2, -0.15) is 0 Å². The molecule has 3 rings (SSSR count). The molecular formula is C14H13N3O2. The molecule has 2 heterocycles. The van der Waals surface area contributed by atoms with Crippen LogP contribution in [0.1, 0.15) is 15.9 Å². The summed E-state index contributed by atoms with van der Waals surface area (Å²) in [6.07, 6.45) is 3.69. The quantitative estimate of drug-likeness (QED) is 0.846. The normalized spacial score (nSPS) is 16.6. The van der Waals surface area contributed by atoms with Crippen LogP contribution in [0.3, 0.4) is 0 Å². The average Bonchev–Trinajstić information content (AvgIpc) is 2.90. The number of rotatable bonds is 3. The molecule has 1 aliphatic rings. The minimum Gasteiger partial charge on any atom is -0.467 e. The summed E-state index contributed by atoms with van der Waals surface area (Å²) < 4.78 is 4.88. The van der Waals surface area contributed by atoms with Gasteiger partial charge in [0.2, 0.25) is 0 Å². The Kier molecular flexibility index (Phi) is 2.87. The van der Waals surface area contributed by atoms with Gasteiger partial charge in [-0.25, -0.2) is 9.97 Å². The fraction of sp³-hybridized carbons (Fsp3) is 0.214. The van der Waals surface area contributed by atoms with Crippen LogP contribution < -0.4 is 10.1 Å². The molecule has 1 N–H and O–H groups in total. The number of nitrogens with zero attached hydrogens (tertiary/aromatic N) is 2. The molecule has 0 amide bonds. The van der Waals surface area contributed by atoms with Crippen molar-refractivity contribution in [2.24, 2.45) is 0 Å². The molecule has 0 bridgehead atoms. The van der Waals surface area contributed by atoms with Crippen LogP contribution in [-0.4, -0.2) is 28.9 Å². The molecule has 0 saturated heterocycles. The van der Waals surface area contributed by atoms with Gasteiger partial charge in [0, 0.05) is 24.5 Å². The number of anilines is 1. The molecule has 0 fully saturated rings. The molecular weight excluding hydrogens is 242 g/mol. The van der Waals surface area contributed by atoms with Crippen LogP contribution >= 0.6 is 0 Å². The van der Waals surface area contributed by atoms with Crippen molar-refractivity contribution in [1.29, 1.82) is 0 Å². The third-order valence-corrected chi connectivity index (χ3v) is 3.18. The number of aromatic nitrogens is 2. The Morgan fingerprint density at radius 3 is 2.74 bits per heavy atom. The second-order valence-electron chi connectivity index (χ2n) is 4.38. The fourth-order valence-electron chi connectivity index (χ4n) is 2.21. The number of methoxy groups -OCH3 is 1. The van der Waals surface area contributed by atoms with E-state index >= 15 is 0 Å². The van der Waals surface area contributed by atoms with Crippen LogP contribution in [0.25, 0.3) is 0 Å². The molecule has 19 heavy (non-hydrogen) atoms. The molecule has 1 aromatic heterocycles. The maximum absolute atomic E-state index is 12.3. The highest BCUT2D eigenvalue weighted by atomic mass is 16.5. The van der Waals surface area contributed by atoms with E-state index in [0.29, 0.717) is 12.0 Å². The van der Waals surface area contributed by atoms with Gasteiger partial charge in [0.1, 0.15) is 0 Å². The van der Waals surface area contributed by atoms with Crippen LogP contribution in [0.15, 0.2) is 36.7 Å². The molecule has 0 spiro atoms. The lowest BCUT2D eigenvalue weighted by molar-refractivity contribution is 0.0971. The number of carbonyl (C=O) groups is 1. The highest BCUT2D eigenvalue weighted by Crippen LogP contribution is 2.26. The van der Waals surface area contributed by atoms with E-state index in [-0.39, 0.29) is 17.8 Å². The lowest BCUT2D eigenvalue weighted by atomic mass is 10.0. The number of benzene rings is 1. The zero-order valence-corrected chi connectivity index (χ0v) is 10.5. The van der Waals surface area contributed by atoms with Crippen molar-refractivity contribution in [3.05, 3.63) is 47.8 Å². The first-order valence-electron chi connectivity index (χ1n) is 6.02. The maximum Gasteiger partial charge on any atom is 0.316 e. The number of para-hydroxylation sites is 1. The molecule has 96 valence electrons. The van der Waals surface area contributed by atoms with Gasteiger partial charge in [0.05, 0.1) is 18.7 Å². The third-order valence-electron chi connectivity index (χ3n) is 3.18. The Labute approximate surface area is 110 Å². The van der Waals surface area contributed by atoms with Crippen molar-refractivity contribution in [2.75, 3.05) is 12.4 Å². The zero-order valence-electron chi connectivity index (χ0n) is 10.5. The Hall–Kier alpha value is -2.43. The Balaban J connectivity index is 1.79. The number of hydrogen-bond acceptors (Lipinski definition) is 5. The number of hydrogen-bond donors (Lipinski definition) is 1. The van der Waals surface area contributed by atoms with E-state index in [1.165, 1.54) is 19.5 Å². The van der Waals surface area contributed by atoms with Gasteiger partial charge in [-0.05, 0) is 11.6 Å². The van der Waals surface area contributed by atoms with Gasteiger partial charge >= 0.3 is 6.01 Å². The van der Waals surface area contributed by atoms with Crippen molar-refractivity contribution in [2.45, 2.75) is 12.5 Å². The summed E-state index contributed by atoms with van der Waals surface area (Å²) >= 11 is 0. The Morgan fingerprint density at radius 1 is 1.32 bits per heavy atom. The number of fused-ring (bicyclic) bond motifs is 1. The second kappa shape index (κ2) is 4.68. The highest BCUT2D eigenvalue weighted by molar-refractivity contribution is 6.02. The van der Waals surface area contributed by atoms with E-state index in [9.17, 15) is 4.79 Å². The van der Waals surface area contributed by atoms with Crippen molar-refractivity contribution < 1.29 is 9.53 Å². The number of carbonyl (C=O) groups excluding carboxylic acids is 1. The molecule has 1 atom stereocenters. The van der Waals surface area contributed by atoms with Crippen LogP contribution in [0.4, 0.5) is 5.69 Å². The number of nitrogens with one attached hydrogen (secondary N) is 1. The van der Waals surface area contributed by atoms with Gasteiger partial charge in [-0.15, -0.1) is 0 Å². The number of ether oxygens (including phenoxy) is 1. The van der Waals surface area contributed by atoms with E-state index in [0.717, 1.165) is 11.3 Å². The minimum absolute atomic E-state index is 0.00106. The third kappa shape index (κ3) is 2.14. The number of Topliss-reactive ketones (excluding diaryl/α,β-unsaturated/α-hetero) is 1. The van der Waals surface area contributed by atoms with Crippen LogP contribution in [0.5, 0.6) is 6.01 Å². The zero-order chi connectivity index (χ0) is 13.2. The molecule has 0 aliphatic carbocycles. The number of ketones is 1. The summed E-state index contributed by atoms with van der Waals surface area (Å²) in [4.78, 5) is 20.2. The summed E-state index contributed by atoms with van der Waals surface area (Å²) in [5.74, 6) is -0.00106. The van der Waals surface area contributed by atoms with Gasteiger partial charge in [0.25, 0.3) is 0 Å². The summed E-state index contributed by atoms with van der Waals surface area (Å²) in [6.45, 7) is 0. The first-order chi connectivity index (χ1) is 9.28. The van der Waals surface area contributed by atoms with E-state index in [1.807, 2.05) is 24.3 Å². The van der Waals surface area contributed by atoms with Crippen molar-refractivity contribution in [3.63, 3.8) is 0 Å². The van der Waals surface area contributed by atoms with Gasteiger partial charge in [-0.3, -0.25) is 4.79 Å². The van der Waals surface area contributed by atoms with E-state index in [1.54, 1.807) is 0 Å². The predicted molar refractivity (Wildman–Crippen MR) is 70.5 cm³/mol. The summed E-state index contributed by atoms with van der Waals surface area (Å²) in [7, 11) is 1.49. The molecule has 1 aliphatic heterocycles. The molecule has 5 nitrogen and oxygen atoms in total. The second-order valence-corrected chi connectivity index (χ2v) is 4.38. The predicted octanol–water partition coefficient (Wildman–Crippen LogP) is 1.70. The van der Waals surface area contributed by atoms with Crippen molar-refractivity contribution in [3.8, 4) is 6.01 Å². The molecule has 2 aromatic rings. The van der Waals surface area contributed by atoms with E-state index in [4.69, 9.17) is 4.74 Å². The highest BCUT2D eigenvalue weighted by Gasteiger charge is 2.27. The van der Waals surface area contributed by atoms with E-state index < -0.39 is 0 Å². The van der Waals surface area contributed by atoms with E-state index in [2.05, 4.69) is 15.3 Å². The first kappa shape index (κ1) is 11.6.